The van der Waals surface area contributed by atoms with Crippen molar-refractivity contribution in [1.29, 1.82) is 0 Å². The van der Waals surface area contributed by atoms with E-state index in [1.165, 1.54) is 17.6 Å². The van der Waals surface area contributed by atoms with Crippen molar-refractivity contribution in [2.75, 3.05) is 5.32 Å². The Morgan fingerprint density at radius 3 is 2.27 bits per heavy atom. The Morgan fingerprint density at radius 2 is 1.55 bits per heavy atom. The van der Waals surface area contributed by atoms with Gasteiger partial charge in [0.25, 0.3) is 5.91 Å². The van der Waals surface area contributed by atoms with Gasteiger partial charge in [-0.25, -0.2) is 10.4 Å². The van der Waals surface area contributed by atoms with E-state index in [1.54, 1.807) is 42.5 Å². The van der Waals surface area contributed by atoms with Crippen LogP contribution < -0.4 is 15.5 Å². The number of amides is 1. The van der Waals surface area contributed by atoms with E-state index in [0.29, 0.717) is 38.6 Å². The number of ether oxygens (including phenoxy) is 1. The molecule has 0 radical (unpaired) electrons. The number of hydrogen-bond donors (Lipinski definition) is 2. The first-order chi connectivity index (χ1) is 19.4. The number of carbonyl (C=O) groups excluding carboxylic acids is 1. The number of halogens is 3. The predicted molar refractivity (Wildman–Crippen MR) is 165 cm³/mol. The summed E-state index contributed by atoms with van der Waals surface area (Å²) in [5.41, 5.74) is 7.20. The monoisotopic (exact) mass is 606 g/mol. The van der Waals surface area contributed by atoms with E-state index >= 15 is 0 Å². The minimum atomic E-state index is -0.350. The molecule has 200 valence electrons. The van der Waals surface area contributed by atoms with Crippen LogP contribution in [0.1, 0.15) is 21.5 Å². The first kappa shape index (κ1) is 27.7. The molecule has 4 aromatic carbocycles. The van der Waals surface area contributed by atoms with Crippen LogP contribution in [0.5, 0.6) is 5.75 Å². The summed E-state index contributed by atoms with van der Waals surface area (Å²) in [4.78, 5) is 17.3. The molecule has 0 saturated carbocycles. The maximum atomic E-state index is 12.7. The largest absolute Gasteiger partial charge is 0.488 e. The molecular weight excluding hydrogens is 587 g/mol. The Balaban J connectivity index is 1.19. The Bertz CT molecular complexity index is 1640. The van der Waals surface area contributed by atoms with Crippen LogP contribution in [0.2, 0.25) is 15.1 Å². The van der Waals surface area contributed by atoms with E-state index in [1.807, 2.05) is 53.9 Å². The van der Waals surface area contributed by atoms with Crippen LogP contribution in [-0.2, 0) is 6.61 Å². The zero-order chi connectivity index (χ0) is 27.9. The van der Waals surface area contributed by atoms with E-state index in [9.17, 15) is 4.79 Å². The van der Waals surface area contributed by atoms with Crippen molar-refractivity contribution in [2.24, 2.45) is 5.10 Å². The SMILES string of the molecule is O=C(N/N=C\c1cc(Cl)ccc1OCc1ccc(Cl)cc1)c1ccc(-c2csc(Nc3ccc(Cl)cc3)n2)cc1. The molecule has 0 bridgehead atoms. The number of nitrogens with one attached hydrogen (secondary N) is 2. The van der Waals surface area contributed by atoms with Gasteiger partial charge in [0.15, 0.2) is 5.13 Å². The predicted octanol–water partition coefficient (Wildman–Crippen LogP) is 8.86. The summed E-state index contributed by atoms with van der Waals surface area (Å²) in [6.45, 7) is 0.343. The van der Waals surface area contributed by atoms with Crippen LogP contribution >= 0.6 is 46.1 Å². The Kier molecular flexibility index (Phi) is 8.98. The highest BCUT2D eigenvalue weighted by Gasteiger charge is 2.09. The van der Waals surface area contributed by atoms with Crippen LogP contribution in [0, 0.1) is 0 Å². The topological polar surface area (TPSA) is 75.6 Å². The molecule has 0 fully saturated rings. The molecule has 0 saturated heterocycles. The zero-order valence-corrected chi connectivity index (χ0v) is 23.9. The molecule has 0 atom stereocenters. The van der Waals surface area contributed by atoms with Crippen molar-refractivity contribution in [3.05, 3.63) is 128 Å². The molecule has 1 aromatic heterocycles. The molecule has 2 N–H and O–H groups in total. The zero-order valence-electron chi connectivity index (χ0n) is 20.8. The average molecular weight is 608 g/mol. The van der Waals surface area contributed by atoms with Crippen molar-refractivity contribution >= 4 is 69.1 Å². The molecule has 1 amide bonds. The fraction of sp³-hybridized carbons (Fsp3) is 0.0333. The van der Waals surface area contributed by atoms with Gasteiger partial charge in [-0.1, -0.05) is 59.1 Å². The van der Waals surface area contributed by atoms with Crippen LogP contribution in [-0.4, -0.2) is 17.1 Å². The van der Waals surface area contributed by atoms with Gasteiger partial charge in [0.2, 0.25) is 0 Å². The molecule has 0 aliphatic rings. The number of rotatable bonds is 9. The molecule has 0 spiro atoms. The second kappa shape index (κ2) is 13.0. The molecule has 5 aromatic rings. The maximum Gasteiger partial charge on any atom is 0.271 e. The first-order valence-electron chi connectivity index (χ1n) is 12.0. The minimum absolute atomic E-state index is 0.343. The van der Waals surface area contributed by atoms with E-state index in [0.717, 1.165) is 27.6 Å². The highest BCUT2D eigenvalue weighted by molar-refractivity contribution is 7.14. The Labute approximate surface area is 250 Å². The number of thiazole rings is 1. The minimum Gasteiger partial charge on any atom is -0.488 e. The number of hydrazone groups is 1. The summed E-state index contributed by atoms with van der Waals surface area (Å²) < 4.78 is 5.93. The Morgan fingerprint density at radius 1 is 0.875 bits per heavy atom. The van der Waals surface area contributed by atoms with E-state index in [2.05, 4.69) is 20.8 Å². The highest BCUT2D eigenvalue weighted by atomic mass is 35.5. The molecule has 5 rings (SSSR count). The third-order valence-electron chi connectivity index (χ3n) is 5.69. The molecule has 6 nitrogen and oxygen atoms in total. The summed E-state index contributed by atoms with van der Waals surface area (Å²) in [7, 11) is 0. The Hall–Kier alpha value is -3.88. The van der Waals surface area contributed by atoms with E-state index in [4.69, 9.17) is 39.5 Å². The number of aromatic nitrogens is 1. The smallest absolute Gasteiger partial charge is 0.271 e. The lowest BCUT2D eigenvalue weighted by Gasteiger charge is -2.10. The van der Waals surface area contributed by atoms with Crippen molar-refractivity contribution < 1.29 is 9.53 Å². The molecular formula is C30H21Cl3N4O2S. The van der Waals surface area contributed by atoms with Gasteiger partial charge in [-0.2, -0.15) is 5.10 Å². The standard InChI is InChI=1S/C30H21Cl3N4O2S/c31-23-7-1-19(2-8-23)17-39-28-14-11-25(33)15-22(28)16-34-37-29(38)21-5-3-20(4-6-21)27-18-40-30(36-27)35-26-12-9-24(32)10-13-26/h1-16,18H,17H2,(H,35,36)(H,37,38)/b34-16-. The van der Waals surface area contributed by atoms with Crippen LogP contribution in [0.3, 0.4) is 0 Å². The summed E-state index contributed by atoms with van der Waals surface area (Å²) in [6, 6.07) is 27.2. The van der Waals surface area contributed by atoms with Gasteiger partial charge >= 0.3 is 0 Å². The van der Waals surface area contributed by atoms with Crippen LogP contribution in [0.15, 0.2) is 101 Å². The van der Waals surface area contributed by atoms with Gasteiger partial charge < -0.3 is 10.1 Å². The molecule has 0 unspecified atom stereocenters. The molecule has 0 aliphatic heterocycles. The molecule has 0 aliphatic carbocycles. The van der Waals surface area contributed by atoms with Crippen LogP contribution in [0.4, 0.5) is 10.8 Å². The van der Waals surface area contributed by atoms with Gasteiger partial charge in [0, 0.05) is 42.8 Å². The third-order valence-corrected chi connectivity index (χ3v) is 7.19. The summed E-state index contributed by atoms with van der Waals surface area (Å²) in [5, 5.41) is 11.9. The normalized spacial score (nSPS) is 11.0. The van der Waals surface area contributed by atoms with Crippen LogP contribution in [0.25, 0.3) is 11.3 Å². The second-order valence-electron chi connectivity index (χ2n) is 8.54. The maximum absolute atomic E-state index is 12.7. The van der Waals surface area contributed by atoms with Gasteiger partial charge in [-0.05, 0) is 72.3 Å². The third kappa shape index (κ3) is 7.40. The van der Waals surface area contributed by atoms with E-state index < -0.39 is 0 Å². The second-order valence-corrected chi connectivity index (χ2v) is 10.7. The molecule has 1 heterocycles. The van der Waals surface area contributed by atoms with E-state index in [-0.39, 0.29) is 5.91 Å². The number of benzene rings is 4. The summed E-state index contributed by atoms with van der Waals surface area (Å²) >= 11 is 19.6. The number of hydrogen-bond acceptors (Lipinski definition) is 6. The average Bonchev–Trinajstić information content (AvgIpc) is 3.43. The number of carbonyl (C=O) groups is 1. The van der Waals surface area contributed by atoms with Crippen molar-refractivity contribution in [3.63, 3.8) is 0 Å². The van der Waals surface area contributed by atoms with Crippen molar-refractivity contribution in [3.8, 4) is 17.0 Å². The lowest BCUT2D eigenvalue weighted by molar-refractivity contribution is 0.0955. The summed E-state index contributed by atoms with van der Waals surface area (Å²) in [6.07, 6.45) is 1.50. The highest BCUT2D eigenvalue weighted by Crippen LogP contribution is 2.28. The van der Waals surface area contributed by atoms with Crippen molar-refractivity contribution in [2.45, 2.75) is 6.61 Å². The van der Waals surface area contributed by atoms with Crippen molar-refractivity contribution in [1.82, 2.24) is 10.4 Å². The number of nitrogens with zero attached hydrogens (tertiary/aromatic N) is 2. The lowest BCUT2D eigenvalue weighted by atomic mass is 10.1. The first-order valence-corrected chi connectivity index (χ1v) is 14.0. The molecule has 10 heteroatoms. The quantitative estimate of drug-likeness (QED) is 0.130. The van der Waals surface area contributed by atoms with Gasteiger partial charge in [0.1, 0.15) is 12.4 Å². The number of anilines is 2. The van der Waals surface area contributed by atoms with Gasteiger partial charge in [-0.15, -0.1) is 11.3 Å². The fourth-order valence-electron chi connectivity index (χ4n) is 3.63. The molecule has 40 heavy (non-hydrogen) atoms. The van der Waals surface area contributed by atoms with Gasteiger partial charge in [-0.3, -0.25) is 4.79 Å². The fourth-order valence-corrected chi connectivity index (χ4v) is 4.80. The van der Waals surface area contributed by atoms with Gasteiger partial charge in [0.05, 0.1) is 11.9 Å². The lowest BCUT2D eigenvalue weighted by Crippen LogP contribution is -2.17. The summed E-state index contributed by atoms with van der Waals surface area (Å²) in [5.74, 6) is 0.228.